The third kappa shape index (κ3) is 4.96. The summed E-state index contributed by atoms with van der Waals surface area (Å²) in [6, 6.07) is 0. The van der Waals surface area contributed by atoms with Crippen molar-refractivity contribution < 1.29 is 12.8 Å². The van der Waals surface area contributed by atoms with Crippen LogP contribution in [0, 0.1) is 0 Å². The summed E-state index contributed by atoms with van der Waals surface area (Å²) < 4.78 is 34.5. The highest BCUT2D eigenvalue weighted by atomic mass is 35.5. The number of halogens is 2. The van der Waals surface area contributed by atoms with Gasteiger partial charge in [-0.25, -0.2) is 13.1 Å². The molecule has 6 heteroatoms. The van der Waals surface area contributed by atoms with E-state index in [-0.39, 0.29) is 13.0 Å². The average molecular weight is 190 g/mol. The van der Waals surface area contributed by atoms with Crippen LogP contribution < -0.4 is 4.72 Å². The van der Waals surface area contributed by atoms with Crippen molar-refractivity contribution in [1.82, 2.24) is 4.72 Å². The highest BCUT2D eigenvalue weighted by molar-refractivity contribution is 7.90. The average Bonchev–Trinajstić information content (AvgIpc) is 1.89. The van der Waals surface area contributed by atoms with Crippen molar-refractivity contribution in [2.24, 2.45) is 0 Å². The van der Waals surface area contributed by atoms with E-state index in [4.69, 9.17) is 11.6 Å². The predicted molar refractivity (Wildman–Crippen MR) is 38.2 cm³/mol. The van der Waals surface area contributed by atoms with E-state index >= 15 is 0 Å². The zero-order valence-corrected chi connectivity index (χ0v) is 6.88. The molecule has 0 aliphatic rings. The lowest BCUT2D eigenvalue weighted by Crippen LogP contribution is -2.25. The van der Waals surface area contributed by atoms with Crippen molar-refractivity contribution in [1.29, 1.82) is 0 Å². The fourth-order valence-corrected chi connectivity index (χ4v) is 1.10. The Balaban J connectivity index is 3.49. The molecule has 0 fully saturated rings. The van der Waals surface area contributed by atoms with Gasteiger partial charge in [-0.2, -0.15) is 0 Å². The minimum absolute atomic E-state index is 0.117. The third-order valence-electron chi connectivity index (χ3n) is 0.776. The summed E-state index contributed by atoms with van der Waals surface area (Å²) in [5, 5.41) is -0.473. The Morgan fingerprint density at radius 3 is 2.50 bits per heavy atom. The maximum atomic E-state index is 11.4. The second-order valence-electron chi connectivity index (χ2n) is 1.66. The molecule has 0 atom stereocenters. The summed E-state index contributed by atoms with van der Waals surface area (Å²) >= 11 is 5.03. The van der Waals surface area contributed by atoms with Gasteiger partial charge in [0.15, 0.2) is 0 Å². The van der Waals surface area contributed by atoms with E-state index < -0.39 is 21.9 Å². The van der Waals surface area contributed by atoms with Crippen LogP contribution in [0.15, 0.2) is 0 Å². The van der Waals surface area contributed by atoms with Gasteiger partial charge in [0, 0.05) is 6.54 Å². The molecule has 0 aromatic heterocycles. The molecule has 0 rings (SSSR count). The van der Waals surface area contributed by atoms with Gasteiger partial charge in [-0.3, -0.25) is 4.39 Å². The fourth-order valence-electron chi connectivity index (χ4n) is 0.333. The first-order chi connectivity index (χ1) is 4.62. The van der Waals surface area contributed by atoms with Crippen LogP contribution in [0.25, 0.3) is 0 Å². The second-order valence-corrected chi connectivity index (χ2v) is 4.05. The van der Waals surface area contributed by atoms with E-state index in [0.29, 0.717) is 0 Å². The Hall–Kier alpha value is 0.130. The maximum absolute atomic E-state index is 11.4. The molecule has 0 bridgehead atoms. The summed E-state index contributed by atoms with van der Waals surface area (Å²) in [4.78, 5) is 0. The topological polar surface area (TPSA) is 46.2 Å². The lowest BCUT2D eigenvalue weighted by molar-refractivity contribution is 0.470. The largest absolute Gasteiger partial charge is 0.251 e. The Labute approximate surface area is 64.6 Å². The summed E-state index contributed by atoms with van der Waals surface area (Å²) in [6.45, 7) is -0.406. The zero-order chi connectivity index (χ0) is 8.04. The SMILES string of the molecule is O=S(=O)(CCl)NCCCF. The summed E-state index contributed by atoms with van der Waals surface area (Å²) in [7, 11) is -3.34. The van der Waals surface area contributed by atoms with E-state index in [0.717, 1.165) is 0 Å². The lowest BCUT2D eigenvalue weighted by Gasteiger charge is -1.99. The number of rotatable bonds is 5. The minimum atomic E-state index is -3.34. The molecule has 0 radical (unpaired) electrons. The van der Waals surface area contributed by atoms with Gasteiger partial charge < -0.3 is 0 Å². The molecule has 0 saturated carbocycles. The van der Waals surface area contributed by atoms with Crippen LogP contribution in [0.5, 0.6) is 0 Å². The Morgan fingerprint density at radius 1 is 1.50 bits per heavy atom. The van der Waals surface area contributed by atoms with Crippen LogP contribution in [-0.2, 0) is 10.0 Å². The van der Waals surface area contributed by atoms with Crippen LogP contribution in [-0.4, -0.2) is 26.8 Å². The van der Waals surface area contributed by atoms with E-state index in [2.05, 4.69) is 4.72 Å². The molecule has 62 valence electrons. The van der Waals surface area contributed by atoms with Crippen LogP contribution in [0.1, 0.15) is 6.42 Å². The monoisotopic (exact) mass is 189 g/mol. The maximum Gasteiger partial charge on any atom is 0.225 e. The standard InChI is InChI=1S/C4H9ClFNO2S/c5-4-10(8,9)7-3-1-2-6/h7H,1-4H2. The first-order valence-electron chi connectivity index (χ1n) is 2.71. The molecule has 0 aliphatic carbocycles. The first kappa shape index (κ1) is 10.1. The van der Waals surface area contributed by atoms with Gasteiger partial charge in [0.05, 0.1) is 6.67 Å². The predicted octanol–water partition coefficient (Wildman–Crippen LogP) is 0.462. The van der Waals surface area contributed by atoms with Crippen molar-refractivity contribution in [3.05, 3.63) is 0 Å². The van der Waals surface area contributed by atoms with Crippen molar-refractivity contribution in [2.75, 3.05) is 18.4 Å². The van der Waals surface area contributed by atoms with Crippen LogP contribution in [0.4, 0.5) is 4.39 Å². The quantitative estimate of drug-likeness (QED) is 0.505. The van der Waals surface area contributed by atoms with Crippen molar-refractivity contribution in [3.8, 4) is 0 Å². The zero-order valence-electron chi connectivity index (χ0n) is 5.31. The normalized spacial score (nSPS) is 11.8. The molecule has 3 nitrogen and oxygen atoms in total. The molecule has 0 unspecified atom stereocenters. The van der Waals surface area contributed by atoms with Gasteiger partial charge in [-0.1, -0.05) is 0 Å². The van der Waals surface area contributed by atoms with Crippen molar-refractivity contribution in [2.45, 2.75) is 6.42 Å². The van der Waals surface area contributed by atoms with Crippen LogP contribution in [0.3, 0.4) is 0 Å². The van der Waals surface area contributed by atoms with E-state index in [1.807, 2.05) is 0 Å². The van der Waals surface area contributed by atoms with Gasteiger partial charge in [0.2, 0.25) is 10.0 Å². The number of hydrogen-bond acceptors (Lipinski definition) is 2. The van der Waals surface area contributed by atoms with E-state index in [1.54, 1.807) is 0 Å². The summed E-state index contributed by atoms with van der Waals surface area (Å²) in [5.74, 6) is 0. The molecule has 0 aromatic rings. The Kier molecular flexibility index (Phi) is 4.93. The summed E-state index contributed by atoms with van der Waals surface area (Å²) in [6.07, 6.45) is 0.191. The molecular formula is C4H9ClFNO2S. The fraction of sp³-hybridized carbons (Fsp3) is 1.00. The molecule has 10 heavy (non-hydrogen) atoms. The molecular weight excluding hydrogens is 181 g/mol. The van der Waals surface area contributed by atoms with Crippen LogP contribution in [0.2, 0.25) is 0 Å². The lowest BCUT2D eigenvalue weighted by atomic mass is 10.5. The number of hydrogen-bond donors (Lipinski definition) is 1. The van der Waals surface area contributed by atoms with Crippen molar-refractivity contribution in [3.63, 3.8) is 0 Å². The molecule has 0 spiro atoms. The van der Waals surface area contributed by atoms with E-state index in [1.165, 1.54) is 0 Å². The minimum Gasteiger partial charge on any atom is -0.251 e. The number of alkyl halides is 2. The van der Waals surface area contributed by atoms with Gasteiger partial charge >= 0.3 is 0 Å². The van der Waals surface area contributed by atoms with Gasteiger partial charge in [0.1, 0.15) is 5.21 Å². The molecule has 1 N–H and O–H groups in total. The van der Waals surface area contributed by atoms with Crippen molar-refractivity contribution >= 4 is 21.6 Å². The smallest absolute Gasteiger partial charge is 0.225 e. The molecule has 0 amide bonds. The van der Waals surface area contributed by atoms with Gasteiger partial charge in [0.25, 0.3) is 0 Å². The van der Waals surface area contributed by atoms with Crippen LogP contribution >= 0.6 is 11.6 Å². The van der Waals surface area contributed by atoms with Gasteiger partial charge in [-0.15, -0.1) is 11.6 Å². The van der Waals surface area contributed by atoms with Gasteiger partial charge in [-0.05, 0) is 6.42 Å². The molecule has 0 saturated heterocycles. The molecule has 0 heterocycles. The highest BCUT2D eigenvalue weighted by Crippen LogP contribution is 1.88. The Bertz CT molecular complexity index is 170. The Morgan fingerprint density at radius 2 is 2.10 bits per heavy atom. The second kappa shape index (κ2) is 4.87. The third-order valence-corrected chi connectivity index (χ3v) is 2.57. The molecule has 0 aliphatic heterocycles. The highest BCUT2D eigenvalue weighted by Gasteiger charge is 2.04. The summed E-state index contributed by atoms with van der Waals surface area (Å²) in [5.41, 5.74) is 0. The number of nitrogens with one attached hydrogen (secondary N) is 1. The first-order valence-corrected chi connectivity index (χ1v) is 4.90. The van der Waals surface area contributed by atoms with E-state index in [9.17, 15) is 12.8 Å². The molecule has 0 aromatic carbocycles. The number of sulfonamides is 1.